The molecular weight excluding hydrogens is 416 g/mol. The topological polar surface area (TPSA) is 131 Å². The minimum Gasteiger partial charge on any atom is -0.391 e. The van der Waals surface area contributed by atoms with Crippen molar-refractivity contribution in [1.82, 2.24) is 10.6 Å². The minimum absolute atomic E-state index is 0.264. The van der Waals surface area contributed by atoms with Gasteiger partial charge < -0.3 is 35.8 Å². The van der Waals surface area contributed by atoms with Gasteiger partial charge in [-0.05, 0) is 37.7 Å². The molecule has 2 saturated heterocycles. The number of nitrogens with one attached hydrogen (secondary N) is 2. The first-order chi connectivity index (χ1) is 13.6. The average Bonchev–Trinajstić information content (AvgIpc) is 3.13. The highest BCUT2D eigenvalue weighted by molar-refractivity contribution is 8.00. The molecule has 2 fully saturated rings. The number of hydrogen-bond acceptors (Lipinski definition) is 9. The van der Waals surface area contributed by atoms with Crippen LogP contribution < -0.4 is 10.6 Å². The number of carbonyl (C=O) groups is 1. The zero-order valence-corrected chi connectivity index (χ0v) is 19.2. The first-order valence-corrected chi connectivity index (χ1v) is 12.5. The zero-order valence-electron chi connectivity index (χ0n) is 17.5. The highest BCUT2D eigenvalue weighted by Gasteiger charge is 2.48. The van der Waals surface area contributed by atoms with Crippen LogP contribution in [0, 0.1) is 5.92 Å². The van der Waals surface area contributed by atoms with Crippen molar-refractivity contribution in [2.45, 2.75) is 86.9 Å². The Morgan fingerprint density at radius 3 is 2.48 bits per heavy atom. The Bertz CT molecular complexity index is 525. The number of aliphatic hydroxyl groups is 4. The second kappa shape index (κ2) is 11.5. The summed E-state index contributed by atoms with van der Waals surface area (Å²) in [6.45, 7) is 6.64. The average molecular weight is 453 g/mol. The Kier molecular flexibility index (Phi) is 10.0. The molecule has 1 unspecified atom stereocenters. The Hall–Kier alpha value is -0.0700. The van der Waals surface area contributed by atoms with Crippen LogP contribution in [-0.4, -0.2) is 98.2 Å². The van der Waals surface area contributed by atoms with E-state index in [1.54, 1.807) is 6.26 Å². The van der Waals surface area contributed by atoms with Crippen LogP contribution >= 0.6 is 23.5 Å². The highest BCUT2D eigenvalue weighted by atomic mass is 32.2. The third-order valence-corrected chi connectivity index (χ3v) is 7.63. The smallest absolute Gasteiger partial charge is 0.237 e. The third-order valence-electron chi connectivity index (χ3n) is 5.48. The lowest BCUT2D eigenvalue weighted by atomic mass is 9.92. The summed E-state index contributed by atoms with van der Waals surface area (Å²) >= 11 is 3.06. The third kappa shape index (κ3) is 6.70. The molecule has 0 aromatic rings. The van der Waals surface area contributed by atoms with Crippen molar-refractivity contribution in [3.05, 3.63) is 0 Å². The van der Waals surface area contributed by atoms with Gasteiger partial charge in [0.05, 0.1) is 18.2 Å². The van der Waals surface area contributed by atoms with Crippen molar-refractivity contribution < 1.29 is 30.0 Å². The summed E-state index contributed by atoms with van der Waals surface area (Å²) in [7, 11) is 0. The quantitative estimate of drug-likeness (QED) is 0.275. The maximum Gasteiger partial charge on any atom is 0.237 e. The number of hydrogen-bond donors (Lipinski definition) is 6. The van der Waals surface area contributed by atoms with E-state index in [0.29, 0.717) is 17.6 Å². The molecule has 2 aliphatic rings. The van der Waals surface area contributed by atoms with Crippen molar-refractivity contribution in [3.8, 4) is 0 Å². The number of thioether (sulfide) groups is 2. The van der Waals surface area contributed by atoms with Gasteiger partial charge in [0, 0.05) is 11.8 Å². The standard InChI is InChI=1S/C19H36N2O6S2/c1-9(2)5-6-29-11-7-12(20-8-11)18(26)21-13(10(3)22)17-15(24)14(23)16(25)19(27-17)28-4/h9-17,19-20,22-25H,5-8H2,1-4H3,(H,21,26)/t10-,11+,12+,13-,14+,15-,16-,17?,19-/m1/s1. The predicted octanol–water partition coefficient (Wildman–Crippen LogP) is -0.468. The summed E-state index contributed by atoms with van der Waals surface area (Å²) in [6, 6.07) is -1.29. The number of carbonyl (C=O) groups excluding carboxylic acids is 1. The van der Waals surface area contributed by atoms with Gasteiger partial charge in [0.2, 0.25) is 5.91 Å². The van der Waals surface area contributed by atoms with E-state index in [-0.39, 0.29) is 11.9 Å². The lowest BCUT2D eigenvalue weighted by molar-refractivity contribution is -0.211. The minimum atomic E-state index is -1.43. The van der Waals surface area contributed by atoms with Crippen LogP contribution in [0.2, 0.25) is 0 Å². The van der Waals surface area contributed by atoms with E-state index in [1.165, 1.54) is 18.7 Å². The van der Waals surface area contributed by atoms with Gasteiger partial charge in [-0.15, -0.1) is 11.8 Å². The van der Waals surface area contributed by atoms with Gasteiger partial charge in [-0.2, -0.15) is 11.8 Å². The molecular formula is C19H36N2O6S2. The number of amides is 1. The van der Waals surface area contributed by atoms with Crippen LogP contribution in [0.5, 0.6) is 0 Å². The molecule has 9 atom stereocenters. The van der Waals surface area contributed by atoms with E-state index in [1.807, 2.05) is 11.8 Å². The Morgan fingerprint density at radius 2 is 1.90 bits per heavy atom. The molecule has 29 heavy (non-hydrogen) atoms. The van der Waals surface area contributed by atoms with Crippen LogP contribution in [0.3, 0.4) is 0 Å². The van der Waals surface area contributed by atoms with E-state index >= 15 is 0 Å². The molecule has 170 valence electrons. The van der Waals surface area contributed by atoms with Gasteiger partial charge in [0.1, 0.15) is 29.9 Å². The monoisotopic (exact) mass is 452 g/mol. The van der Waals surface area contributed by atoms with Crippen LogP contribution in [0.25, 0.3) is 0 Å². The second-order valence-corrected chi connectivity index (χ2v) is 10.7. The SMILES string of the molecule is CS[C@H]1OC([C@H](NC(=O)[C@@H]2C[C@H](SCCC(C)C)CN2)[C@@H](C)O)[C@H](O)[C@H](O)[C@H]1O. The second-order valence-electron chi connectivity index (χ2n) is 8.32. The molecule has 1 amide bonds. The van der Waals surface area contributed by atoms with Crippen molar-refractivity contribution >= 4 is 29.4 Å². The Labute approximate surface area is 181 Å². The maximum atomic E-state index is 12.8. The van der Waals surface area contributed by atoms with Crippen molar-refractivity contribution in [2.24, 2.45) is 5.92 Å². The molecule has 0 aliphatic carbocycles. The summed E-state index contributed by atoms with van der Waals surface area (Å²) in [5.41, 5.74) is -0.761. The molecule has 8 nitrogen and oxygen atoms in total. The summed E-state index contributed by atoms with van der Waals surface area (Å²) in [4.78, 5) is 12.8. The first kappa shape index (κ1) is 25.2. The summed E-state index contributed by atoms with van der Waals surface area (Å²) in [6.07, 6.45) is -2.59. The molecule has 2 aliphatic heterocycles. The molecule has 6 N–H and O–H groups in total. The molecule has 0 aromatic heterocycles. The van der Waals surface area contributed by atoms with Gasteiger partial charge in [-0.25, -0.2) is 0 Å². The van der Waals surface area contributed by atoms with Gasteiger partial charge in [-0.3, -0.25) is 4.79 Å². The summed E-state index contributed by atoms with van der Waals surface area (Å²) in [5.74, 6) is 1.45. The molecule has 0 spiro atoms. The Balaban J connectivity index is 1.95. The largest absolute Gasteiger partial charge is 0.391 e. The van der Waals surface area contributed by atoms with Crippen LogP contribution in [-0.2, 0) is 9.53 Å². The fourth-order valence-electron chi connectivity index (χ4n) is 3.61. The molecule has 0 radical (unpaired) electrons. The predicted molar refractivity (Wildman–Crippen MR) is 116 cm³/mol. The van der Waals surface area contributed by atoms with E-state index in [9.17, 15) is 25.2 Å². The lowest BCUT2D eigenvalue weighted by Gasteiger charge is -2.44. The molecule has 2 rings (SSSR count). The highest BCUT2D eigenvalue weighted by Crippen LogP contribution is 2.30. The molecule has 0 aromatic carbocycles. The normalized spacial score (nSPS) is 37.5. The van der Waals surface area contributed by atoms with Crippen LogP contribution in [0.15, 0.2) is 0 Å². The van der Waals surface area contributed by atoms with Gasteiger partial charge in [-0.1, -0.05) is 13.8 Å². The van der Waals surface area contributed by atoms with Gasteiger partial charge >= 0.3 is 0 Å². The van der Waals surface area contributed by atoms with E-state index in [0.717, 1.165) is 18.7 Å². The fraction of sp³-hybridized carbons (Fsp3) is 0.947. The van der Waals surface area contributed by atoms with E-state index in [4.69, 9.17) is 4.74 Å². The van der Waals surface area contributed by atoms with Crippen LogP contribution in [0.1, 0.15) is 33.6 Å². The van der Waals surface area contributed by atoms with Crippen molar-refractivity contribution in [3.63, 3.8) is 0 Å². The fourth-order valence-corrected chi connectivity index (χ4v) is 5.77. The summed E-state index contributed by atoms with van der Waals surface area (Å²) in [5, 5.41) is 47.1. The van der Waals surface area contributed by atoms with Crippen LogP contribution in [0.4, 0.5) is 0 Å². The van der Waals surface area contributed by atoms with Gasteiger partial charge in [0.15, 0.2) is 0 Å². The molecule has 0 saturated carbocycles. The number of ether oxygens (including phenoxy) is 1. The molecule has 10 heteroatoms. The molecule has 0 bridgehead atoms. The lowest BCUT2D eigenvalue weighted by Crippen LogP contribution is -2.65. The zero-order chi connectivity index (χ0) is 21.7. The van der Waals surface area contributed by atoms with Gasteiger partial charge in [0.25, 0.3) is 0 Å². The summed E-state index contributed by atoms with van der Waals surface area (Å²) < 4.78 is 5.72. The Morgan fingerprint density at radius 1 is 1.21 bits per heavy atom. The maximum absolute atomic E-state index is 12.8. The number of rotatable bonds is 9. The van der Waals surface area contributed by atoms with Crippen molar-refractivity contribution in [2.75, 3.05) is 18.6 Å². The van der Waals surface area contributed by atoms with E-state index in [2.05, 4.69) is 24.5 Å². The van der Waals surface area contributed by atoms with E-state index < -0.39 is 42.0 Å². The van der Waals surface area contributed by atoms with Crippen molar-refractivity contribution in [1.29, 1.82) is 0 Å². The number of aliphatic hydroxyl groups excluding tert-OH is 4. The molecule has 2 heterocycles. The first-order valence-electron chi connectivity index (χ1n) is 10.2.